The number of rotatable bonds is 4. The van der Waals surface area contributed by atoms with Crippen LogP contribution in [0, 0.1) is 13.8 Å². The third-order valence-electron chi connectivity index (χ3n) is 5.02. The van der Waals surface area contributed by atoms with Crippen LogP contribution in [0.5, 0.6) is 0 Å². The molecule has 0 unspecified atom stereocenters. The van der Waals surface area contributed by atoms with Crippen LogP contribution in [0.15, 0.2) is 48.5 Å². The molecule has 1 N–H and O–H groups in total. The predicted octanol–water partition coefficient (Wildman–Crippen LogP) is 4.86. The minimum absolute atomic E-state index is 0.0711. The van der Waals surface area contributed by atoms with Gasteiger partial charge in [0.15, 0.2) is 0 Å². The summed E-state index contributed by atoms with van der Waals surface area (Å²) in [4.78, 5) is 15.6. The minimum Gasteiger partial charge on any atom is -0.324 e. The average Bonchev–Trinajstić information content (AvgIpc) is 2.89. The molecule has 1 aliphatic rings. The standard InChI is InChI=1S/C22H28N2O/c1-17-12-13-18(2)20(16-17)23-22(25)21(19-10-6-5-7-11-19)24-14-8-3-4-9-15-24/h5-7,10-13,16,21H,3-4,8-9,14-15H2,1-2H3,(H,23,25)/t21-/m0/s1. The number of benzene rings is 2. The zero-order valence-electron chi connectivity index (χ0n) is 15.3. The Balaban J connectivity index is 1.87. The number of likely N-dealkylation sites (tertiary alicyclic amines) is 1. The van der Waals surface area contributed by atoms with E-state index in [1.54, 1.807) is 0 Å². The molecule has 2 aromatic carbocycles. The number of hydrogen-bond donors (Lipinski definition) is 1. The van der Waals surface area contributed by atoms with Crippen molar-refractivity contribution in [2.24, 2.45) is 0 Å². The topological polar surface area (TPSA) is 32.3 Å². The summed E-state index contributed by atoms with van der Waals surface area (Å²) >= 11 is 0. The molecule has 1 amide bonds. The first-order valence-electron chi connectivity index (χ1n) is 9.32. The second-order valence-electron chi connectivity index (χ2n) is 7.07. The highest BCUT2D eigenvalue weighted by molar-refractivity contribution is 5.96. The highest BCUT2D eigenvalue weighted by Gasteiger charge is 2.28. The second kappa shape index (κ2) is 8.30. The first-order chi connectivity index (χ1) is 12.1. The number of aryl methyl sites for hydroxylation is 2. The SMILES string of the molecule is Cc1ccc(C)c(NC(=O)[C@H](c2ccccc2)N2CCCCCC2)c1. The first kappa shape index (κ1) is 17.7. The van der Waals surface area contributed by atoms with Crippen molar-refractivity contribution >= 4 is 11.6 Å². The fourth-order valence-corrected chi connectivity index (χ4v) is 3.59. The van der Waals surface area contributed by atoms with Gasteiger partial charge in [-0.25, -0.2) is 0 Å². The third kappa shape index (κ3) is 4.49. The molecular formula is C22H28N2O. The number of amides is 1. The Labute approximate surface area is 151 Å². The van der Waals surface area contributed by atoms with E-state index in [1.807, 2.05) is 25.1 Å². The normalized spacial score (nSPS) is 16.9. The molecule has 0 bridgehead atoms. The van der Waals surface area contributed by atoms with Crippen molar-refractivity contribution in [1.29, 1.82) is 0 Å². The Hall–Kier alpha value is -2.13. The number of hydrogen-bond acceptors (Lipinski definition) is 2. The summed E-state index contributed by atoms with van der Waals surface area (Å²) in [6.45, 7) is 6.07. The van der Waals surface area contributed by atoms with Crippen molar-refractivity contribution in [3.8, 4) is 0 Å². The van der Waals surface area contributed by atoms with Crippen molar-refractivity contribution < 1.29 is 4.79 Å². The second-order valence-corrected chi connectivity index (χ2v) is 7.07. The van der Waals surface area contributed by atoms with E-state index < -0.39 is 0 Å². The summed E-state index contributed by atoms with van der Waals surface area (Å²) in [5, 5.41) is 3.19. The van der Waals surface area contributed by atoms with Gasteiger partial charge in [0.2, 0.25) is 5.91 Å². The monoisotopic (exact) mass is 336 g/mol. The summed E-state index contributed by atoms with van der Waals surface area (Å²) < 4.78 is 0. The number of carbonyl (C=O) groups excluding carboxylic acids is 1. The highest BCUT2D eigenvalue weighted by atomic mass is 16.2. The van der Waals surface area contributed by atoms with Crippen LogP contribution in [-0.4, -0.2) is 23.9 Å². The van der Waals surface area contributed by atoms with Gasteiger partial charge in [-0.1, -0.05) is 55.3 Å². The Morgan fingerprint density at radius 3 is 2.32 bits per heavy atom. The van der Waals surface area contributed by atoms with Crippen LogP contribution in [0.25, 0.3) is 0 Å². The van der Waals surface area contributed by atoms with E-state index in [0.717, 1.165) is 35.5 Å². The summed E-state index contributed by atoms with van der Waals surface area (Å²) in [5.41, 5.74) is 4.25. The maximum Gasteiger partial charge on any atom is 0.246 e. The zero-order chi connectivity index (χ0) is 17.6. The quantitative estimate of drug-likeness (QED) is 0.865. The van der Waals surface area contributed by atoms with Gasteiger partial charge in [-0.15, -0.1) is 0 Å². The number of nitrogens with zero attached hydrogens (tertiary/aromatic N) is 1. The molecule has 132 valence electrons. The molecule has 25 heavy (non-hydrogen) atoms. The van der Waals surface area contributed by atoms with Gasteiger partial charge in [0.25, 0.3) is 0 Å². The van der Waals surface area contributed by atoms with Crippen LogP contribution >= 0.6 is 0 Å². The first-order valence-corrected chi connectivity index (χ1v) is 9.32. The maximum atomic E-state index is 13.2. The third-order valence-corrected chi connectivity index (χ3v) is 5.02. The molecular weight excluding hydrogens is 308 g/mol. The van der Waals surface area contributed by atoms with E-state index >= 15 is 0 Å². The molecule has 0 saturated carbocycles. The molecule has 1 saturated heterocycles. The van der Waals surface area contributed by atoms with E-state index in [2.05, 4.69) is 47.5 Å². The van der Waals surface area contributed by atoms with Gasteiger partial charge in [0.05, 0.1) is 0 Å². The fourth-order valence-electron chi connectivity index (χ4n) is 3.59. The van der Waals surface area contributed by atoms with Crippen LogP contribution in [0.4, 0.5) is 5.69 Å². The van der Waals surface area contributed by atoms with Gasteiger partial charge in [-0.3, -0.25) is 9.69 Å². The van der Waals surface area contributed by atoms with Crippen LogP contribution in [-0.2, 0) is 4.79 Å². The lowest BCUT2D eigenvalue weighted by atomic mass is 10.0. The van der Waals surface area contributed by atoms with Gasteiger partial charge in [0.1, 0.15) is 6.04 Å². The van der Waals surface area contributed by atoms with Crippen molar-refractivity contribution in [3.05, 3.63) is 65.2 Å². The summed E-state index contributed by atoms with van der Waals surface area (Å²) in [7, 11) is 0. The molecule has 3 heteroatoms. The lowest BCUT2D eigenvalue weighted by Crippen LogP contribution is -2.38. The van der Waals surface area contributed by atoms with E-state index in [0.29, 0.717) is 0 Å². The predicted molar refractivity (Wildman–Crippen MR) is 104 cm³/mol. The van der Waals surface area contributed by atoms with Crippen LogP contribution in [0.3, 0.4) is 0 Å². The average molecular weight is 336 g/mol. The molecule has 1 fully saturated rings. The number of anilines is 1. The van der Waals surface area contributed by atoms with E-state index in [-0.39, 0.29) is 11.9 Å². The van der Waals surface area contributed by atoms with Crippen LogP contribution < -0.4 is 5.32 Å². The van der Waals surface area contributed by atoms with Crippen molar-refractivity contribution in [2.75, 3.05) is 18.4 Å². The molecule has 3 nitrogen and oxygen atoms in total. The number of carbonyl (C=O) groups is 1. The summed E-state index contributed by atoms with van der Waals surface area (Å²) in [6, 6.07) is 16.2. The largest absolute Gasteiger partial charge is 0.324 e. The smallest absolute Gasteiger partial charge is 0.246 e. The van der Waals surface area contributed by atoms with Crippen LogP contribution in [0.2, 0.25) is 0 Å². The van der Waals surface area contributed by atoms with Gasteiger partial charge in [0, 0.05) is 5.69 Å². The molecule has 2 aromatic rings. The Morgan fingerprint density at radius 2 is 1.64 bits per heavy atom. The minimum atomic E-state index is -0.223. The van der Waals surface area contributed by atoms with Gasteiger partial charge >= 0.3 is 0 Å². The molecule has 3 rings (SSSR count). The van der Waals surface area contributed by atoms with Gasteiger partial charge in [-0.05, 0) is 62.5 Å². The van der Waals surface area contributed by atoms with E-state index in [1.165, 1.54) is 25.7 Å². The molecule has 1 heterocycles. The Kier molecular flexibility index (Phi) is 5.87. The van der Waals surface area contributed by atoms with Gasteiger partial charge in [-0.2, -0.15) is 0 Å². The maximum absolute atomic E-state index is 13.2. The number of nitrogens with one attached hydrogen (secondary N) is 1. The lowest BCUT2D eigenvalue weighted by molar-refractivity contribution is -0.121. The van der Waals surface area contributed by atoms with Crippen LogP contribution in [0.1, 0.15) is 48.4 Å². The van der Waals surface area contributed by atoms with Crippen molar-refractivity contribution in [3.63, 3.8) is 0 Å². The summed E-state index contributed by atoms with van der Waals surface area (Å²) in [5.74, 6) is 0.0711. The molecule has 0 aliphatic carbocycles. The highest BCUT2D eigenvalue weighted by Crippen LogP contribution is 2.27. The van der Waals surface area contributed by atoms with Gasteiger partial charge < -0.3 is 5.32 Å². The Morgan fingerprint density at radius 1 is 0.960 bits per heavy atom. The lowest BCUT2D eigenvalue weighted by Gasteiger charge is -2.30. The summed E-state index contributed by atoms with van der Waals surface area (Å²) in [6.07, 6.45) is 4.85. The zero-order valence-corrected chi connectivity index (χ0v) is 15.3. The van der Waals surface area contributed by atoms with Crippen molar-refractivity contribution in [2.45, 2.75) is 45.6 Å². The fraction of sp³-hybridized carbons (Fsp3) is 0.409. The molecule has 1 atom stereocenters. The van der Waals surface area contributed by atoms with E-state index in [4.69, 9.17) is 0 Å². The molecule has 0 aromatic heterocycles. The molecule has 0 spiro atoms. The Bertz CT molecular complexity index is 703. The van der Waals surface area contributed by atoms with Crippen molar-refractivity contribution in [1.82, 2.24) is 4.90 Å². The molecule has 0 radical (unpaired) electrons. The molecule has 1 aliphatic heterocycles. The van der Waals surface area contributed by atoms with E-state index in [9.17, 15) is 4.79 Å².